The fourth-order valence-electron chi connectivity index (χ4n) is 4.90. The molecule has 41 heavy (non-hydrogen) atoms. The first-order chi connectivity index (χ1) is 19.9. The second-order valence-electron chi connectivity index (χ2n) is 9.32. The molecular formula is C36H30ClGeN3. The van der Waals surface area contributed by atoms with Crippen molar-refractivity contribution >= 4 is 49.1 Å². The average Bonchev–Trinajstić information content (AvgIpc) is 3.04. The monoisotopic (exact) mass is 613 g/mol. The summed E-state index contributed by atoms with van der Waals surface area (Å²) in [5.74, 6) is 0. The van der Waals surface area contributed by atoms with Gasteiger partial charge in [0.1, 0.15) is 0 Å². The van der Waals surface area contributed by atoms with Crippen LogP contribution in [-0.4, -0.2) is 15.0 Å². The van der Waals surface area contributed by atoms with Crippen molar-refractivity contribution in [3.63, 3.8) is 0 Å². The molecule has 200 valence electrons. The summed E-state index contributed by atoms with van der Waals surface area (Å²) in [5.41, 5.74) is 6.99. The predicted octanol–water partition coefficient (Wildman–Crippen LogP) is 6.49. The van der Waals surface area contributed by atoms with Gasteiger partial charge >= 0.3 is 243 Å². The maximum absolute atomic E-state index is 2.86. The third-order valence-electron chi connectivity index (χ3n) is 6.69. The number of hydrogen-bond donors (Lipinski definition) is 0. The van der Waals surface area contributed by atoms with E-state index in [0.717, 1.165) is 34.1 Å². The van der Waals surface area contributed by atoms with E-state index in [9.17, 15) is 0 Å². The third kappa shape index (κ3) is 6.32. The number of anilines is 6. The van der Waals surface area contributed by atoms with Gasteiger partial charge in [-0.1, -0.05) is 0 Å². The Morgan fingerprint density at radius 1 is 0.244 bits per heavy atom. The van der Waals surface area contributed by atoms with Crippen LogP contribution in [0.4, 0.5) is 34.1 Å². The van der Waals surface area contributed by atoms with Crippen molar-refractivity contribution in [1.82, 2.24) is 0 Å². The molecule has 0 atom stereocenters. The summed E-state index contributed by atoms with van der Waals surface area (Å²) in [6, 6.07) is 64.8. The maximum atomic E-state index is 2.58. The molecule has 0 saturated carbocycles. The van der Waals surface area contributed by atoms with Crippen molar-refractivity contribution in [2.45, 2.75) is 0 Å². The first-order valence-electron chi connectivity index (χ1n) is 13.5. The molecule has 0 saturated heterocycles. The molecule has 0 aliphatic heterocycles. The number of rotatable bonds is 9. The topological polar surface area (TPSA) is 9.72 Å². The Morgan fingerprint density at radius 3 is 0.537 bits per heavy atom. The van der Waals surface area contributed by atoms with Crippen LogP contribution in [0.1, 0.15) is 0 Å². The molecule has 0 spiro atoms. The predicted molar refractivity (Wildman–Crippen MR) is 171 cm³/mol. The molecule has 0 heterocycles. The van der Waals surface area contributed by atoms with Crippen LogP contribution in [0.2, 0.25) is 0 Å². The number of para-hydroxylation sites is 6. The second-order valence-corrected chi connectivity index (χ2v) is 13.4. The van der Waals surface area contributed by atoms with E-state index in [1.807, 2.05) is 0 Å². The van der Waals surface area contributed by atoms with Crippen molar-refractivity contribution in [3.8, 4) is 0 Å². The van der Waals surface area contributed by atoms with Crippen molar-refractivity contribution in [2.24, 2.45) is 0 Å². The summed E-state index contributed by atoms with van der Waals surface area (Å²) >= 11 is -2.86. The number of benzene rings is 6. The summed E-state index contributed by atoms with van der Waals surface area (Å²) < 4.78 is 7.75. The van der Waals surface area contributed by atoms with E-state index in [1.165, 1.54) is 0 Å². The van der Waals surface area contributed by atoms with Crippen LogP contribution in [0.25, 0.3) is 0 Å². The van der Waals surface area contributed by atoms with E-state index in [1.54, 1.807) is 0 Å². The normalized spacial score (nSPS) is 10.2. The van der Waals surface area contributed by atoms with Crippen LogP contribution in [0.3, 0.4) is 0 Å². The van der Waals surface area contributed by atoms with Crippen LogP contribution in [0.5, 0.6) is 0 Å². The van der Waals surface area contributed by atoms with Crippen molar-refractivity contribution in [3.05, 3.63) is 182 Å². The van der Waals surface area contributed by atoms with Crippen LogP contribution in [-0.2, 0) is 0 Å². The van der Waals surface area contributed by atoms with Gasteiger partial charge in [0.25, 0.3) is 0 Å². The van der Waals surface area contributed by atoms with Crippen LogP contribution in [0, 0.1) is 0 Å². The Bertz CT molecular complexity index is 1270. The van der Waals surface area contributed by atoms with Crippen LogP contribution < -0.4 is 24.0 Å². The molecule has 0 fully saturated rings. The van der Waals surface area contributed by atoms with Crippen molar-refractivity contribution in [1.29, 1.82) is 0 Å². The summed E-state index contributed by atoms with van der Waals surface area (Å²) in [6.07, 6.45) is 0. The molecule has 6 aromatic rings. The van der Waals surface area contributed by atoms with Gasteiger partial charge in [0.2, 0.25) is 0 Å². The van der Waals surface area contributed by atoms with Gasteiger partial charge < -0.3 is 12.4 Å². The molecule has 0 N–H and O–H groups in total. The van der Waals surface area contributed by atoms with E-state index in [0.29, 0.717) is 0 Å². The molecule has 0 aromatic heterocycles. The van der Waals surface area contributed by atoms with E-state index >= 15 is 0 Å². The van der Waals surface area contributed by atoms with E-state index in [4.69, 9.17) is 0 Å². The van der Waals surface area contributed by atoms with E-state index < -0.39 is 15.0 Å². The Labute approximate surface area is 254 Å². The quantitative estimate of drug-likeness (QED) is 0.173. The standard InChI is InChI=1S/C36H30GeN3.ClH/c1-7-19-31(20-8-1)38(32-21-9-2-10-22-32)37(39(33-23-11-3-12-24-33)34-25-13-4-14-26-34)40(35-27-15-5-16-28-35)36-29-17-6-18-30-36;/h1-30H;1H/q+1;/p-1. The van der Waals surface area contributed by atoms with Gasteiger partial charge in [0, 0.05) is 0 Å². The zero-order valence-corrected chi connectivity index (χ0v) is 25.4. The van der Waals surface area contributed by atoms with Gasteiger partial charge in [0.15, 0.2) is 0 Å². The van der Waals surface area contributed by atoms with Gasteiger partial charge in [-0.25, -0.2) is 0 Å². The molecule has 6 rings (SSSR count). The summed E-state index contributed by atoms with van der Waals surface area (Å²) in [5, 5.41) is 0. The molecule has 3 nitrogen and oxygen atoms in total. The zero-order chi connectivity index (χ0) is 27.0. The Morgan fingerprint density at radius 2 is 0.390 bits per heavy atom. The SMILES string of the molecule is [Cl-].c1ccc([N](c2ccccc2)[Ge+]([N](c2ccccc2)c2ccccc2)[N](c2ccccc2)c2ccccc2)cc1. The van der Waals surface area contributed by atoms with Crippen LogP contribution in [0.15, 0.2) is 182 Å². The summed E-state index contributed by atoms with van der Waals surface area (Å²) in [4.78, 5) is 0. The van der Waals surface area contributed by atoms with E-state index in [2.05, 4.69) is 194 Å². The number of halogens is 1. The molecule has 0 amide bonds. The van der Waals surface area contributed by atoms with Gasteiger partial charge in [-0.05, 0) is 0 Å². The Hall–Kier alpha value is -4.45. The minimum atomic E-state index is -2.86. The Kier molecular flexibility index (Phi) is 9.42. The molecular weight excluding hydrogens is 582 g/mol. The van der Waals surface area contributed by atoms with Gasteiger partial charge in [-0.2, -0.15) is 0 Å². The fraction of sp³-hybridized carbons (Fsp3) is 0. The number of hydrogen-bond acceptors (Lipinski definition) is 3. The molecule has 0 unspecified atom stereocenters. The molecule has 0 radical (unpaired) electrons. The van der Waals surface area contributed by atoms with Gasteiger partial charge in [-0.15, -0.1) is 0 Å². The fourth-order valence-corrected chi connectivity index (χ4v) is 10.9. The zero-order valence-electron chi connectivity index (χ0n) is 22.5. The first-order valence-corrected chi connectivity index (χ1v) is 16.3. The van der Waals surface area contributed by atoms with Crippen molar-refractivity contribution < 1.29 is 12.4 Å². The minimum absolute atomic E-state index is 0. The van der Waals surface area contributed by atoms with E-state index in [-0.39, 0.29) is 12.4 Å². The molecule has 0 aliphatic carbocycles. The average molecular weight is 613 g/mol. The molecule has 5 heteroatoms. The summed E-state index contributed by atoms with van der Waals surface area (Å²) in [6.45, 7) is 0. The molecule has 6 aromatic carbocycles. The Balaban J connectivity index is 0.00000337. The van der Waals surface area contributed by atoms with Gasteiger partial charge in [0.05, 0.1) is 0 Å². The molecule has 0 aliphatic rings. The van der Waals surface area contributed by atoms with Crippen molar-refractivity contribution in [2.75, 3.05) is 11.6 Å². The summed E-state index contributed by atoms with van der Waals surface area (Å²) in [7, 11) is 0. The number of nitrogens with zero attached hydrogens (tertiary/aromatic N) is 3. The second kappa shape index (κ2) is 13.8. The first kappa shape index (κ1) is 28.1. The van der Waals surface area contributed by atoms with Gasteiger partial charge in [-0.3, -0.25) is 0 Å². The molecule has 0 bridgehead atoms. The third-order valence-corrected chi connectivity index (χ3v) is 12.5. The van der Waals surface area contributed by atoms with Crippen LogP contribution >= 0.6 is 0 Å².